The molecule has 2 aromatic rings. The fourth-order valence-corrected chi connectivity index (χ4v) is 1.33. The van der Waals surface area contributed by atoms with Crippen LogP contribution in [0.15, 0.2) is 43.0 Å². The zero-order chi connectivity index (χ0) is 13.0. The first-order valence-electron chi connectivity index (χ1n) is 5.06. The van der Waals surface area contributed by atoms with E-state index >= 15 is 0 Å². The van der Waals surface area contributed by atoms with E-state index in [1.54, 1.807) is 0 Å². The molecule has 2 N–H and O–H groups in total. The highest BCUT2D eigenvalue weighted by Crippen LogP contribution is 2.08. The van der Waals surface area contributed by atoms with Gasteiger partial charge in [0.2, 0.25) is 0 Å². The van der Waals surface area contributed by atoms with E-state index in [-0.39, 0.29) is 11.5 Å². The van der Waals surface area contributed by atoms with Crippen molar-refractivity contribution in [2.24, 2.45) is 0 Å². The van der Waals surface area contributed by atoms with Crippen LogP contribution in [0.25, 0.3) is 0 Å². The van der Waals surface area contributed by atoms with Crippen molar-refractivity contribution in [1.29, 1.82) is 0 Å². The number of aromatic nitrogens is 2. The van der Waals surface area contributed by atoms with Gasteiger partial charge in [-0.3, -0.25) is 4.79 Å². The summed E-state index contributed by atoms with van der Waals surface area (Å²) in [5.74, 6) is -1.37. The number of carboxylic acids is 1. The van der Waals surface area contributed by atoms with Gasteiger partial charge in [-0.25, -0.2) is 14.8 Å². The van der Waals surface area contributed by atoms with Crippen LogP contribution in [0, 0.1) is 0 Å². The van der Waals surface area contributed by atoms with Gasteiger partial charge in [-0.2, -0.15) is 0 Å². The number of hydrogen-bond acceptors (Lipinski definition) is 4. The molecule has 0 spiro atoms. The van der Waals surface area contributed by atoms with Crippen molar-refractivity contribution in [3.63, 3.8) is 0 Å². The average molecular weight is 243 g/mol. The van der Waals surface area contributed by atoms with Gasteiger partial charge in [0.1, 0.15) is 6.33 Å². The maximum absolute atomic E-state index is 11.8. The Labute approximate surface area is 102 Å². The molecular weight excluding hydrogens is 234 g/mol. The molecule has 0 radical (unpaired) electrons. The van der Waals surface area contributed by atoms with Crippen LogP contribution in [0.5, 0.6) is 0 Å². The van der Waals surface area contributed by atoms with Crippen LogP contribution in [0.4, 0.5) is 5.69 Å². The molecule has 0 fully saturated rings. The number of carboxylic acid groups (broad SMARTS) is 1. The van der Waals surface area contributed by atoms with E-state index in [1.807, 2.05) is 0 Å². The summed E-state index contributed by atoms with van der Waals surface area (Å²) < 4.78 is 0. The van der Waals surface area contributed by atoms with Crippen molar-refractivity contribution in [1.82, 2.24) is 9.97 Å². The van der Waals surface area contributed by atoms with Crippen molar-refractivity contribution in [3.05, 3.63) is 54.1 Å². The van der Waals surface area contributed by atoms with Gasteiger partial charge in [-0.1, -0.05) is 0 Å². The van der Waals surface area contributed by atoms with E-state index in [0.29, 0.717) is 11.3 Å². The minimum absolute atomic E-state index is 0.134. The smallest absolute Gasteiger partial charge is 0.335 e. The van der Waals surface area contributed by atoms with E-state index in [9.17, 15) is 9.59 Å². The number of amides is 1. The first-order valence-corrected chi connectivity index (χ1v) is 5.06. The number of nitrogens with zero attached hydrogens (tertiary/aromatic N) is 2. The first-order chi connectivity index (χ1) is 8.66. The maximum atomic E-state index is 11.8. The Balaban J connectivity index is 2.12. The van der Waals surface area contributed by atoms with Crippen LogP contribution in [-0.4, -0.2) is 27.0 Å². The Morgan fingerprint density at radius 1 is 1.00 bits per heavy atom. The lowest BCUT2D eigenvalue weighted by molar-refractivity contribution is 0.0696. The number of hydrogen-bond donors (Lipinski definition) is 2. The number of anilines is 1. The quantitative estimate of drug-likeness (QED) is 0.850. The molecular formula is C12H9N3O3. The van der Waals surface area contributed by atoms with Crippen molar-refractivity contribution in [3.8, 4) is 0 Å². The Morgan fingerprint density at radius 2 is 1.56 bits per heavy atom. The largest absolute Gasteiger partial charge is 0.478 e. The lowest BCUT2D eigenvalue weighted by Crippen LogP contribution is -2.12. The molecule has 0 bridgehead atoms. The predicted molar refractivity (Wildman–Crippen MR) is 63.4 cm³/mol. The van der Waals surface area contributed by atoms with Crippen molar-refractivity contribution in [2.75, 3.05) is 5.32 Å². The molecule has 1 aromatic heterocycles. The van der Waals surface area contributed by atoms with Gasteiger partial charge in [-0.05, 0) is 24.3 Å². The molecule has 1 amide bonds. The molecule has 6 heteroatoms. The first kappa shape index (κ1) is 11.7. The highest BCUT2D eigenvalue weighted by atomic mass is 16.4. The number of carbonyl (C=O) groups is 2. The number of nitrogens with one attached hydrogen (secondary N) is 1. The molecule has 0 aliphatic heterocycles. The zero-order valence-corrected chi connectivity index (χ0v) is 9.20. The summed E-state index contributed by atoms with van der Waals surface area (Å²) in [5, 5.41) is 11.3. The van der Waals surface area contributed by atoms with E-state index < -0.39 is 5.97 Å². The summed E-state index contributed by atoms with van der Waals surface area (Å²) in [7, 11) is 0. The van der Waals surface area contributed by atoms with E-state index in [1.165, 1.54) is 43.0 Å². The Hall–Kier alpha value is -2.76. The molecule has 0 atom stereocenters. The molecule has 0 saturated heterocycles. The van der Waals surface area contributed by atoms with Crippen LogP contribution in [0.3, 0.4) is 0 Å². The van der Waals surface area contributed by atoms with Gasteiger partial charge in [0.05, 0.1) is 23.6 Å². The Morgan fingerprint density at radius 3 is 2.11 bits per heavy atom. The molecule has 90 valence electrons. The number of carbonyl (C=O) groups excluding carboxylic acids is 1. The fraction of sp³-hybridized carbons (Fsp3) is 0. The van der Waals surface area contributed by atoms with Gasteiger partial charge >= 0.3 is 5.97 Å². The summed E-state index contributed by atoms with van der Waals surface area (Å²) in [4.78, 5) is 30.0. The Bertz CT molecular complexity index is 567. The topological polar surface area (TPSA) is 92.2 Å². The minimum Gasteiger partial charge on any atom is -0.478 e. The van der Waals surface area contributed by atoms with Gasteiger partial charge < -0.3 is 10.4 Å². The van der Waals surface area contributed by atoms with E-state index in [4.69, 9.17) is 5.11 Å². The maximum Gasteiger partial charge on any atom is 0.335 e. The molecule has 2 rings (SSSR count). The summed E-state index contributed by atoms with van der Waals surface area (Å²) in [6, 6.07) is 5.64. The van der Waals surface area contributed by atoms with Crippen LogP contribution in [0.2, 0.25) is 0 Å². The van der Waals surface area contributed by atoms with E-state index in [0.717, 1.165) is 0 Å². The number of rotatable bonds is 3. The average Bonchev–Trinajstić information content (AvgIpc) is 2.40. The standard InChI is InChI=1S/C12H9N3O3/c16-11(15-10-5-13-7-14-6-10)8-1-3-9(4-2-8)12(17)18/h1-7H,(H,15,16)(H,17,18). The highest BCUT2D eigenvalue weighted by molar-refractivity contribution is 6.04. The normalized spacial score (nSPS) is 9.78. The minimum atomic E-state index is -1.03. The van der Waals surface area contributed by atoms with Crippen molar-refractivity contribution in [2.45, 2.75) is 0 Å². The molecule has 1 heterocycles. The van der Waals surface area contributed by atoms with Crippen molar-refractivity contribution >= 4 is 17.6 Å². The molecule has 0 unspecified atom stereocenters. The third kappa shape index (κ3) is 2.67. The van der Waals surface area contributed by atoms with Gasteiger partial charge in [0.25, 0.3) is 5.91 Å². The lowest BCUT2D eigenvalue weighted by atomic mass is 10.1. The van der Waals surface area contributed by atoms with Gasteiger partial charge in [-0.15, -0.1) is 0 Å². The summed E-state index contributed by atoms with van der Waals surface area (Å²) in [5.41, 5.74) is 0.975. The summed E-state index contributed by atoms with van der Waals surface area (Å²) in [6.45, 7) is 0. The number of aromatic carboxylic acids is 1. The van der Waals surface area contributed by atoms with Crippen molar-refractivity contribution < 1.29 is 14.7 Å². The second-order valence-electron chi connectivity index (χ2n) is 3.46. The van der Waals surface area contributed by atoms with E-state index in [2.05, 4.69) is 15.3 Å². The summed E-state index contributed by atoms with van der Waals surface area (Å²) in [6.07, 6.45) is 4.30. The molecule has 1 aromatic carbocycles. The third-order valence-corrected chi connectivity index (χ3v) is 2.21. The third-order valence-electron chi connectivity index (χ3n) is 2.21. The lowest BCUT2D eigenvalue weighted by Gasteiger charge is -2.04. The van der Waals surface area contributed by atoms with Crippen LogP contribution in [0.1, 0.15) is 20.7 Å². The molecule has 6 nitrogen and oxygen atoms in total. The second-order valence-corrected chi connectivity index (χ2v) is 3.46. The van der Waals surface area contributed by atoms with Gasteiger partial charge in [0.15, 0.2) is 0 Å². The Kier molecular flexibility index (Phi) is 3.29. The van der Waals surface area contributed by atoms with Gasteiger partial charge in [0, 0.05) is 5.56 Å². The zero-order valence-electron chi connectivity index (χ0n) is 9.20. The van der Waals surface area contributed by atoms with Crippen LogP contribution >= 0.6 is 0 Å². The highest BCUT2D eigenvalue weighted by Gasteiger charge is 2.08. The second kappa shape index (κ2) is 5.05. The molecule has 0 aliphatic carbocycles. The van der Waals surface area contributed by atoms with Crippen LogP contribution in [-0.2, 0) is 0 Å². The monoisotopic (exact) mass is 243 g/mol. The fourth-order valence-electron chi connectivity index (χ4n) is 1.33. The number of benzene rings is 1. The predicted octanol–water partition coefficient (Wildman–Crippen LogP) is 1.43. The van der Waals surface area contributed by atoms with Crippen LogP contribution < -0.4 is 5.32 Å². The molecule has 0 aliphatic rings. The molecule has 18 heavy (non-hydrogen) atoms. The molecule has 0 saturated carbocycles. The SMILES string of the molecule is O=C(O)c1ccc(C(=O)Nc2cncnc2)cc1. The summed E-state index contributed by atoms with van der Waals surface area (Å²) >= 11 is 0.